The van der Waals surface area contributed by atoms with Crippen LogP contribution >= 0.6 is 0 Å². The predicted molar refractivity (Wildman–Crippen MR) is 97.1 cm³/mol. The molecule has 4 rings (SSSR count). The highest BCUT2D eigenvalue weighted by Crippen LogP contribution is 2.28. The summed E-state index contributed by atoms with van der Waals surface area (Å²) >= 11 is 0. The van der Waals surface area contributed by atoms with Crippen LogP contribution < -0.4 is 4.90 Å². The van der Waals surface area contributed by atoms with Crippen molar-refractivity contribution >= 4 is 11.6 Å². The molecule has 2 aromatic rings. The van der Waals surface area contributed by atoms with E-state index in [0.29, 0.717) is 0 Å². The summed E-state index contributed by atoms with van der Waals surface area (Å²) in [7, 11) is 0. The number of hydrogen-bond acceptors (Lipinski definition) is 2. The van der Waals surface area contributed by atoms with Crippen LogP contribution in [0.3, 0.4) is 0 Å². The van der Waals surface area contributed by atoms with E-state index in [1.807, 2.05) is 11.0 Å². The molecule has 3 nitrogen and oxygen atoms in total. The number of carbonyl (C=O) groups is 1. The molecular weight excluding hydrogens is 296 g/mol. The first-order valence-corrected chi connectivity index (χ1v) is 8.94. The molecule has 0 unspecified atom stereocenters. The van der Waals surface area contributed by atoms with Crippen LogP contribution in [-0.4, -0.2) is 29.9 Å². The van der Waals surface area contributed by atoms with Crippen molar-refractivity contribution in [1.29, 1.82) is 0 Å². The molecule has 2 aliphatic heterocycles. The van der Waals surface area contributed by atoms with E-state index in [1.165, 1.54) is 16.7 Å². The minimum absolute atomic E-state index is 0.0792. The molecule has 2 aromatic carbocycles. The molecule has 24 heavy (non-hydrogen) atoms. The second-order valence-corrected chi connectivity index (χ2v) is 6.89. The Labute approximate surface area is 143 Å². The normalized spacial score (nSPS) is 18.6. The van der Waals surface area contributed by atoms with Crippen LogP contribution in [0, 0.1) is 0 Å². The van der Waals surface area contributed by atoms with Crippen LogP contribution in [0.25, 0.3) is 0 Å². The second-order valence-electron chi connectivity index (χ2n) is 6.89. The van der Waals surface area contributed by atoms with E-state index in [4.69, 9.17) is 0 Å². The zero-order valence-electron chi connectivity index (χ0n) is 14.2. The van der Waals surface area contributed by atoms with Crippen molar-refractivity contribution in [2.24, 2.45) is 0 Å². The Morgan fingerprint density at radius 1 is 0.917 bits per heavy atom. The number of para-hydroxylation sites is 1. The third kappa shape index (κ3) is 2.73. The number of fused-ring (bicyclic) bond motifs is 2. The van der Waals surface area contributed by atoms with Gasteiger partial charge in [0.2, 0.25) is 5.91 Å². The molecule has 0 saturated carbocycles. The highest BCUT2D eigenvalue weighted by molar-refractivity contribution is 5.98. The number of carbonyl (C=O) groups excluding carboxylic acids is 1. The minimum atomic E-state index is -0.0792. The summed E-state index contributed by atoms with van der Waals surface area (Å²) in [5.41, 5.74) is 5.20. The Bertz CT molecular complexity index is 755. The van der Waals surface area contributed by atoms with Crippen LogP contribution in [-0.2, 0) is 24.2 Å². The number of amides is 1. The van der Waals surface area contributed by atoms with Crippen molar-refractivity contribution in [3.05, 3.63) is 65.2 Å². The largest absolute Gasteiger partial charge is 0.311 e. The van der Waals surface area contributed by atoms with Gasteiger partial charge in [0.25, 0.3) is 0 Å². The smallest absolute Gasteiger partial charge is 0.244 e. The Hall–Kier alpha value is -2.13. The fourth-order valence-electron chi connectivity index (χ4n) is 3.99. The Kier molecular flexibility index (Phi) is 4.11. The highest BCUT2D eigenvalue weighted by Gasteiger charge is 2.31. The van der Waals surface area contributed by atoms with Crippen molar-refractivity contribution in [2.75, 3.05) is 18.0 Å². The minimum Gasteiger partial charge on any atom is -0.311 e. The maximum absolute atomic E-state index is 13.2. The van der Waals surface area contributed by atoms with Crippen molar-refractivity contribution in [1.82, 2.24) is 4.90 Å². The Morgan fingerprint density at radius 2 is 1.62 bits per heavy atom. The maximum Gasteiger partial charge on any atom is 0.244 e. The molecule has 0 N–H and O–H groups in total. The fraction of sp³-hybridized carbons (Fsp3) is 0.381. The molecule has 1 amide bonds. The predicted octanol–water partition coefficient (Wildman–Crippen LogP) is 3.41. The lowest BCUT2D eigenvalue weighted by Gasteiger charge is -2.37. The quantitative estimate of drug-likeness (QED) is 0.846. The van der Waals surface area contributed by atoms with Crippen LogP contribution in [0.15, 0.2) is 48.5 Å². The van der Waals surface area contributed by atoms with E-state index in [0.717, 1.165) is 44.6 Å². The first kappa shape index (κ1) is 15.4. The Morgan fingerprint density at radius 3 is 2.46 bits per heavy atom. The van der Waals surface area contributed by atoms with Gasteiger partial charge in [-0.2, -0.15) is 0 Å². The number of aryl methyl sites for hydroxylation is 1. The number of rotatable bonds is 2. The summed E-state index contributed by atoms with van der Waals surface area (Å²) in [5.74, 6) is 0.238. The molecule has 0 bridgehead atoms. The summed E-state index contributed by atoms with van der Waals surface area (Å²) < 4.78 is 0. The molecule has 3 heteroatoms. The summed E-state index contributed by atoms with van der Waals surface area (Å²) in [6.07, 6.45) is 3.16. The molecule has 0 radical (unpaired) electrons. The lowest BCUT2D eigenvalue weighted by molar-refractivity contribution is -0.123. The van der Waals surface area contributed by atoms with Crippen LogP contribution in [0.5, 0.6) is 0 Å². The molecule has 0 aliphatic carbocycles. The van der Waals surface area contributed by atoms with Gasteiger partial charge in [-0.05, 0) is 48.9 Å². The third-order valence-electron chi connectivity index (χ3n) is 5.44. The van der Waals surface area contributed by atoms with Gasteiger partial charge >= 0.3 is 0 Å². The zero-order valence-corrected chi connectivity index (χ0v) is 14.2. The summed E-state index contributed by atoms with van der Waals surface area (Å²) in [5, 5.41) is 0. The average Bonchev–Trinajstić information content (AvgIpc) is 2.66. The fourth-order valence-corrected chi connectivity index (χ4v) is 3.99. The topological polar surface area (TPSA) is 23.6 Å². The lowest BCUT2D eigenvalue weighted by Crippen LogP contribution is -2.50. The highest BCUT2D eigenvalue weighted by atomic mass is 16.2. The number of anilines is 1. The number of hydrogen-bond donors (Lipinski definition) is 0. The van der Waals surface area contributed by atoms with Gasteiger partial charge in [-0.25, -0.2) is 0 Å². The lowest BCUT2D eigenvalue weighted by atomic mass is 9.97. The van der Waals surface area contributed by atoms with Crippen LogP contribution in [0.4, 0.5) is 5.69 Å². The van der Waals surface area contributed by atoms with Crippen molar-refractivity contribution < 1.29 is 4.79 Å². The van der Waals surface area contributed by atoms with Crippen molar-refractivity contribution in [3.8, 4) is 0 Å². The van der Waals surface area contributed by atoms with E-state index in [-0.39, 0.29) is 11.9 Å². The molecule has 1 atom stereocenters. The SMILES string of the molecule is C[C@@H](C(=O)N1CCCc2ccccc21)N1CCc2ccccc2C1. The molecular formula is C21H24N2O. The van der Waals surface area contributed by atoms with Crippen LogP contribution in [0.2, 0.25) is 0 Å². The van der Waals surface area contributed by atoms with Gasteiger partial charge in [-0.15, -0.1) is 0 Å². The van der Waals surface area contributed by atoms with Gasteiger partial charge in [-0.3, -0.25) is 9.69 Å². The second kappa shape index (κ2) is 6.40. The molecule has 0 saturated heterocycles. The first-order valence-electron chi connectivity index (χ1n) is 8.94. The Balaban J connectivity index is 1.54. The first-order chi connectivity index (χ1) is 11.7. The van der Waals surface area contributed by atoms with Gasteiger partial charge in [0.1, 0.15) is 0 Å². The molecule has 124 valence electrons. The van der Waals surface area contributed by atoms with E-state index >= 15 is 0 Å². The molecule has 0 spiro atoms. The average molecular weight is 320 g/mol. The summed E-state index contributed by atoms with van der Waals surface area (Å²) in [6.45, 7) is 4.73. The van der Waals surface area contributed by atoms with E-state index in [9.17, 15) is 4.79 Å². The van der Waals surface area contributed by atoms with Crippen LogP contribution in [0.1, 0.15) is 30.0 Å². The van der Waals surface area contributed by atoms with E-state index < -0.39 is 0 Å². The van der Waals surface area contributed by atoms with Crippen molar-refractivity contribution in [3.63, 3.8) is 0 Å². The van der Waals surface area contributed by atoms with E-state index in [1.54, 1.807) is 0 Å². The van der Waals surface area contributed by atoms with E-state index in [2.05, 4.69) is 54.3 Å². The molecule has 2 aliphatic rings. The van der Waals surface area contributed by atoms with Gasteiger partial charge in [0.15, 0.2) is 0 Å². The van der Waals surface area contributed by atoms with Gasteiger partial charge in [0.05, 0.1) is 6.04 Å². The summed E-state index contributed by atoms with van der Waals surface area (Å²) in [6, 6.07) is 16.9. The molecule has 0 aromatic heterocycles. The number of benzene rings is 2. The monoisotopic (exact) mass is 320 g/mol. The molecule has 2 heterocycles. The zero-order chi connectivity index (χ0) is 16.5. The van der Waals surface area contributed by atoms with Gasteiger partial charge in [-0.1, -0.05) is 42.5 Å². The number of nitrogens with zero attached hydrogens (tertiary/aromatic N) is 2. The molecule has 0 fully saturated rings. The van der Waals surface area contributed by atoms with Crippen molar-refractivity contribution in [2.45, 2.75) is 38.8 Å². The van der Waals surface area contributed by atoms with Gasteiger partial charge in [0, 0.05) is 25.3 Å². The third-order valence-corrected chi connectivity index (χ3v) is 5.44. The van der Waals surface area contributed by atoms with Gasteiger partial charge < -0.3 is 4.90 Å². The maximum atomic E-state index is 13.2. The summed E-state index contributed by atoms with van der Waals surface area (Å²) in [4.78, 5) is 17.5. The standard InChI is InChI=1S/C21H24N2O/c1-16(22-14-12-17-7-2-3-9-19(17)15-22)21(24)23-13-6-10-18-8-4-5-11-20(18)23/h2-5,7-9,11,16H,6,10,12-15H2,1H3/t16-/m0/s1.